The third-order valence-electron chi connectivity index (χ3n) is 6.02. The molecule has 0 radical (unpaired) electrons. The lowest BCUT2D eigenvalue weighted by Crippen LogP contribution is -2.37. The Morgan fingerprint density at radius 2 is 1.59 bits per heavy atom. The second kappa shape index (κ2) is 8.37. The Kier molecular flexibility index (Phi) is 5.67. The van der Waals surface area contributed by atoms with Crippen LogP contribution in [0.3, 0.4) is 0 Å². The number of nitrogens with one attached hydrogen (secondary N) is 1. The predicted molar refractivity (Wildman–Crippen MR) is 110 cm³/mol. The highest BCUT2D eigenvalue weighted by Crippen LogP contribution is 2.53. The molecule has 150 valence electrons. The van der Waals surface area contributed by atoms with Crippen LogP contribution in [-0.2, 0) is 14.3 Å². The molecule has 0 saturated heterocycles. The number of carbonyl (C=O) groups excluding carboxylic acids is 3. The van der Waals surface area contributed by atoms with Crippen LogP contribution in [0.2, 0.25) is 5.02 Å². The quantitative estimate of drug-likeness (QED) is 0.566. The number of rotatable bonds is 6. The van der Waals surface area contributed by atoms with Gasteiger partial charge in [-0.1, -0.05) is 41.9 Å². The van der Waals surface area contributed by atoms with E-state index >= 15 is 0 Å². The van der Waals surface area contributed by atoms with Crippen molar-refractivity contribution in [1.29, 1.82) is 0 Å². The van der Waals surface area contributed by atoms with Crippen molar-refractivity contribution in [3.05, 3.63) is 65.2 Å². The fourth-order valence-corrected chi connectivity index (χ4v) is 4.89. The summed E-state index contributed by atoms with van der Waals surface area (Å²) in [6.45, 7) is -0.373. The van der Waals surface area contributed by atoms with Crippen LogP contribution < -0.4 is 5.32 Å². The van der Waals surface area contributed by atoms with Gasteiger partial charge in [0.05, 0.1) is 5.92 Å². The fourth-order valence-electron chi connectivity index (χ4n) is 4.77. The van der Waals surface area contributed by atoms with Gasteiger partial charge in [0.1, 0.15) is 0 Å². The molecule has 29 heavy (non-hydrogen) atoms. The first kappa shape index (κ1) is 19.6. The highest BCUT2D eigenvalue weighted by Gasteiger charge is 2.54. The Labute approximate surface area is 174 Å². The first-order chi connectivity index (χ1) is 14.0. The molecule has 0 aliphatic heterocycles. The fraction of sp³-hybridized carbons (Fsp3) is 0.348. The number of carbonyl (C=O) groups is 3. The smallest absolute Gasteiger partial charge is 0.310 e. The number of halogens is 1. The highest BCUT2D eigenvalue weighted by atomic mass is 35.5. The number of esters is 1. The molecule has 2 bridgehead atoms. The van der Waals surface area contributed by atoms with E-state index in [9.17, 15) is 14.4 Å². The summed E-state index contributed by atoms with van der Waals surface area (Å²) in [5, 5.41) is 3.24. The van der Waals surface area contributed by atoms with E-state index in [0.717, 1.165) is 19.3 Å². The highest BCUT2D eigenvalue weighted by molar-refractivity contribution is 6.30. The summed E-state index contributed by atoms with van der Waals surface area (Å²) in [5.74, 6) is -1.32. The molecule has 2 saturated carbocycles. The molecule has 2 aromatic rings. The van der Waals surface area contributed by atoms with E-state index in [0.29, 0.717) is 16.3 Å². The molecule has 2 aliphatic carbocycles. The number of benzene rings is 2. The third kappa shape index (κ3) is 4.20. The standard InChI is InChI=1S/C23H22ClNO4/c24-17-8-10-18(11-9-17)25-19(26)13-29-23(28)21-16-7-6-15(12-16)20(21)22(27)14-4-2-1-3-5-14/h1-5,8-11,15-16,20-21H,6-7,12-13H2,(H,25,26)/t15-,16-,20+,21+/m0/s1. The number of ketones is 1. The largest absolute Gasteiger partial charge is 0.455 e. The lowest BCUT2D eigenvalue weighted by Gasteiger charge is -2.28. The van der Waals surface area contributed by atoms with Gasteiger partial charge in [-0.25, -0.2) is 0 Å². The zero-order valence-corrected chi connectivity index (χ0v) is 16.6. The average Bonchev–Trinajstić information content (AvgIpc) is 3.35. The van der Waals surface area contributed by atoms with Gasteiger partial charge in [-0.2, -0.15) is 0 Å². The van der Waals surface area contributed by atoms with Crippen LogP contribution >= 0.6 is 11.6 Å². The summed E-state index contributed by atoms with van der Waals surface area (Å²) < 4.78 is 5.32. The summed E-state index contributed by atoms with van der Waals surface area (Å²) in [6.07, 6.45) is 2.77. The second-order valence-corrected chi connectivity index (χ2v) is 8.21. The van der Waals surface area contributed by atoms with Crippen molar-refractivity contribution in [2.75, 3.05) is 11.9 Å². The van der Waals surface area contributed by atoms with Crippen molar-refractivity contribution in [1.82, 2.24) is 0 Å². The van der Waals surface area contributed by atoms with Crippen molar-refractivity contribution < 1.29 is 19.1 Å². The second-order valence-electron chi connectivity index (χ2n) is 7.78. The Morgan fingerprint density at radius 3 is 2.28 bits per heavy atom. The number of amides is 1. The van der Waals surface area contributed by atoms with Gasteiger partial charge in [0.2, 0.25) is 0 Å². The molecule has 2 aromatic carbocycles. The molecule has 0 spiro atoms. The summed E-state index contributed by atoms with van der Waals surface area (Å²) in [6, 6.07) is 15.8. The van der Waals surface area contributed by atoms with Gasteiger partial charge in [0, 0.05) is 22.2 Å². The van der Waals surface area contributed by atoms with Gasteiger partial charge >= 0.3 is 5.97 Å². The van der Waals surface area contributed by atoms with Crippen LogP contribution in [0, 0.1) is 23.7 Å². The van der Waals surface area contributed by atoms with Crippen LogP contribution in [0.5, 0.6) is 0 Å². The Bertz CT molecular complexity index is 912. The summed E-state index contributed by atoms with van der Waals surface area (Å²) in [7, 11) is 0. The molecule has 1 amide bonds. The van der Waals surface area contributed by atoms with Crippen molar-refractivity contribution in [2.24, 2.45) is 23.7 Å². The van der Waals surface area contributed by atoms with Gasteiger partial charge in [-0.15, -0.1) is 0 Å². The Morgan fingerprint density at radius 1 is 0.931 bits per heavy atom. The first-order valence-electron chi connectivity index (χ1n) is 9.84. The Balaban J connectivity index is 1.39. The van der Waals surface area contributed by atoms with Crippen LogP contribution in [0.1, 0.15) is 29.6 Å². The molecular weight excluding hydrogens is 390 g/mol. The predicted octanol–water partition coefficient (Wildman–Crippen LogP) is 4.37. The van der Waals surface area contributed by atoms with Gasteiger partial charge in [0.25, 0.3) is 5.91 Å². The molecule has 0 aromatic heterocycles. The SMILES string of the molecule is O=C(COC(=O)[C@@H]1[C@H]2CC[C@@H](C2)[C@H]1C(=O)c1ccccc1)Nc1ccc(Cl)cc1. The van der Waals surface area contributed by atoms with E-state index < -0.39 is 17.8 Å². The van der Waals surface area contributed by atoms with E-state index in [2.05, 4.69) is 5.32 Å². The van der Waals surface area contributed by atoms with E-state index in [1.165, 1.54) is 0 Å². The van der Waals surface area contributed by atoms with E-state index in [-0.39, 0.29) is 30.1 Å². The van der Waals surface area contributed by atoms with Gasteiger partial charge < -0.3 is 10.1 Å². The topological polar surface area (TPSA) is 72.5 Å². The minimum atomic E-state index is -0.468. The first-order valence-corrected chi connectivity index (χ1v) is 10.2. The van der Waals surface area contributed by atoms with Gasteiger partial charge in [0.15, 0.2) is 12.4 Å². The average molecular weight is 412 g/mol. The molecule has 2 fully saturated rings. The third-order valence-corrected chi connectivity index (χ3v) is 6.28. The number of hydrogen-bond donors (Lipinski definition) is 1. The van der Waals surface area contributed by atoms with Crippen molar-refractivity contribution in [3.63, 3.8) is 0 Å². The van der Waals surface area contributed by atoms with E-state index in [4.69, 9.17) is 16.3 Å². The summed E-state index contributed by atoms with van der Waals surface area (Å²) in [5.41, 5.74) is 1.20. The molecule has 4 atom stereocenters. The van der Waals surface area contributed by atoms with Crippen molar-refractivity contribution in [2.45, 2.75) is 19.3 Å². The number of anilines is 1. The minimum absolute atomic E-state index is 0.00497. The van der Waals surface area contributed by atoms with Crippen LogP contribution in [0.25, 0.3) is 0 Å². The molecule has 6 heteroatoms. The molecule has 2 aliphatic rings. The monoisotopic (exact) mass is 411 g/mol. The number of ether oxygens (including phenoxy) is 1. The van der Waals surface area contributed by atoms with Gasteiger partial charge in [-0.3, -0.25) is 14.4 Å². The molecule has 4 rings (SSSR count). The maximum atomic E-state index is 13.1. The van der Waals surface area contributed by atoms with Gasteiger partial charge in [-0.05, 0) is 55.4 Å². The summed E-state index contributed by atoms with van der Waals surface area (Å²) >= 11 is 5.83. The molecule has 1 N–H and O–H groups in total. The van der Waals surface area contributed by atoms with Crippen LogP contribution in [0.4, 0.5) is 5.69 Å². The molecule has 0 unspecified atom stereocenters. The lowest BCUT2D eigenvalue weighted by atomic mass is 9.75. The maximum absolute atomic E-state index is 13.1. The number of Topliss-reactive ketones (excluding diaryl/α,β-unsaturated/α-hetero) is 1. The van der Waals surface area contributed by atoms with Crippen LogP contribution in [0.15, 0.2) is 54.6 Å². The lowest BCUT2D eigenvalue weighted by molar-refractivity contribution is -0.154. The van der Waals surface area contributed by atoms with E-state index in [1.807, 2.05) is 18.2 Å². The maximum Gasteiger partial charge on any atom is 0.310 e. The van der Waals surface area contributed by atoms with Crippen molar-refractivity contribution >= 4 is 34.9 Å². The minimum Gasteiger partial charge on any atom is -0.455 e. The zero-order valence-electron chi connectivity index (χ0n) is 15.8. The van der Waals surface area contributed by atoms with Crippen LogP contribution in [-0.4, -0.2) is 24.3 Å². The molecular formula is C23H22ClNO4. The number of hydrogen-bond acceptors (Lipinski definition) is 4. The normalized spacial score (nSPS) is 24.9. The summed E-state index contributed by atoms with van der Waals surface area (Å²) in [4.78, 5) is 38.0. The molecule has 5 nitrogen and oxygen atoms in total. The Hall–Kier alpha value is -2.66. The number of fused-ring (bicyclic) bond motifs is 2. The van der Waals surface area contributed by atoms with E-state index in [1.54, 1.807) is 36.4 Å². The van der Waals surface area contributed by atoms with Crippen molar-refractivity contribution in [3.8, 4) is 0 Å². The molecule has 0 heterocycles. The zero-order chi connectivity index (χ0) is 20.4.